The quantitative estimate of drug-likeness (QED) is 0.106. The molecular weight excluding hydrogens is 935 g/mol. The maximum absolute atomic E-state index is 11.9. The van der Waals surface area contributed by atoms with Crippen LogP contribution in [-0.2, 0) is 0 Å². The predicted octanol–water partition coefficient (Wildman–Crippen LogP) is 19.6. The van der Waals surface area contributed by atoms with Gasteiger partial charge in [-0.15, -0.1) is 0 Å². The summed E-state index contributed by atoms with van der Waals surface area (Å²) in [5.41, 5.74) is 17.5. The first kappa shape index (κ1) is 61.3. The Kier molecular flexibility index (Phi) is 19.0. The van der Waals surface area contributed by atoms with Gasteiger partial charge < -0.3 is 15.8 Å². The first-order valence-corrected chi connectivity index (χ1v) is 33.7. The number of hydrogen-bond acceptors (Lipinski definition) is 4. The van der Waals surface area contributed by atoms with Crippen LogP contribution in [0.4, 0.5) is 0 Å². The average Bonchev–Trinajstić information content (AvgIpc) is 3.92. The number of aliphatic hydroxyl groups is 1. The van der Waals surface area contributed by atoms with Crippen molar-refractivity contribution in [2.24, 2.45) is 125 Å². The molecule has 0 aromatic heterocycles. The van der Waals surface area contributed by atoms with Gasteiger partial charge in [-0.3, -0.25) is 4.99 Å². The summed E-state index contributed by atoms with van der Waals surface area (Å²) < 4.78 is 0. The first-order valence-electron chi connectivity index (χ1n) is 33.7. The third kappa shape index (κ3) is 10.2. The van der Waals surface area contributed by atoms with Crippen molar-refractivity contribution in [3.05, 3.63) is 47.1 Å². The normalized spacial score (nSPS) is 42.9. The fourth-order valence-corrected chi connectivity index (χ4v) is 24.2. The molecule has 11 rings (SSSR count). The second-order valence-electron chi connectivity index (χ2n) is 30.5. The highest BCUT2D eigenvalue weighted by atomic mass is 16.3. The molecule has 0 aromatic rings. The standard InChI is InChI=1S/C67H109NO.C2H3N.C2H5N.C2H6/c1-14-54-49-32-50(55(54)30-45(9)65(15-2,16-3)63(12)44(8)29-43(7)60(63)69)39-62(11,38-49)67-40-51-33-52(67)25-26-58(51)64(13,59(68)41-67)66(17-4,18-5)53-34-56-47-31-48(57(56)35-53)37-61(10,36-47)28-27-42(6)23-24-46-21-19-20-22-46;1-2-3-1;1-3-2;1-2/h21,42,45,47-50,52-57,59-60,69H,7-8,14-20,22-41,68H2,1-6,9-13H3;1H,2H2;1H2,2H3;1-2H3. The second kappa shape index (κ2) is 23.8. The van der Waals surface area contributed by atoms with Gasteiger partial charge in [-0.2, -0.15) is 0 Å². The summed E-state index contributed by atoms with van der Waals surface area (Å²) in [6.07, 6.45) is 40.7. The van der Waals surface area contributed by atoms with Gasteiger partial charge >= 0.3 is 0 Å². The molecule has 436 valence electrons. The van der Waals surface area contributed by atoms with Gasteiger partial charge in [0.05, 0.1) is 12.6 Å². The van der Waals surface area contributed by atoms with Crippen LogP contribution in [0, 0.1) is 109 Å². The third-order valence-electron chi connectivity index (χ3n) is 27.9. The monoisotopic (exact) mass is 1060 g/mol. The minimum atomic E-state index is -0.480. The molecule has 0 spiro atoms. The van der Waals surface area contributed by atoms with E-state index in [-0.39, 0.29) is 22.3 Å². The summed E-state index contributed by atoms with van der Waals surface area (Å²) in [7, 11) is 1.64. The maximum Gasteiger partial charge on any atom is 0.0846 e. The van der Waals surface area contributed by atoms with E-state index in [0.29, 0.717) is 27.6 Å². The third-order valence-corrected chi connectivity index (χ3v) is 27.9. The highest BCUT2D eigenvalue weighted by molar-refractivity contribution is 5.72. The molecule has 7 bridgehead atoms. The number of nitrogens with zero attached hydrogens (tertiary/aromatic N) is 2. The Bertz CT molecular complexity index is 2150. The number of hydrogen-bond donors (Lipinski definition) is 2. The molecular formula is C73H123N3O. The van der Waals surface area contributed by atoms with Gasteiger partial charge in [-0.1, -0.05) is 144 Å². The van der Waals surface area contributed by atoms with Crippen molar-refractivity contribution in [1.82, 2.24) is 0 Å². The minimum absolute atomic E-state index is 0.0250. The number of aliphatic imine (C=N–C) groups is 2. The molecule has 1 heterocycles. The number of rotatable bonds is 18. The molecule has 1 aliphatic heterocycles. The Morgan fingerprint density at radius 2 is 1.42 bits per heavy atom. The van der Waals surface area contributed by atoms with Crippen molar-refractivity contribution in [3.63, 3.8) is 0 Å². The summed E-state index contributed by atoms with van der Waals surface area (Å²) in [6, 6.07) is 0.258. The Labute approximate surface area is 476 Å². The number of allylic oxidation sites excluding steroid dienone is 3. The lowest BCUT2D eigenvalue weighted by Gasteiger charge is -2.62. The second-order valence-corrected chi connectivity index (χ2v) is 30.5. The predicted molar refractivity (Wildman–Crippen MR) is 334 cm³/mol. The van der Waals surface area contributed by atoms with Crippen LogP contribution in [0.1, 0.15) is 263 Å². The van der Waals surface area contributed by atoms with E-state index in [2.05, 4.69) is 112 Å². The fraction of sp³-hybridized carbons (Fsp3) is 0.863. The topological polar surface area (TPSA) is 71.0 Å². The number of fused-ring (bicyclic) bond motifs is 10. The zero-order chi connectivity index (χ0) is 56.1. The van der Waals surface area contributed by atoms with Crippen molar-refractivity contribution < 1.29 is 5.11 Å². The molecule has 0 aromatic carbocycles. The van der Waals surface area contributed by atoms with Gasteiger partial charge in [-0.25, -0.2) is 0 Å². The van der Waals surface area contributed by atoms with E-state index in [1.807, 2.05) is 31.2 Å². The summed E-state index contributed by atoms with van der Waals surface area (Å²) in [6.45, 7) is 45.7. The molecule has 17 atom stereocenters. The van der Waals surface area contributed by atoms with Crippen LogP contribution in [0.15, 0.2) is 57.1 Å². The molecule has 3 N–H and O–H groups in total. The van der Waals surface area contributed by atoms with Gasteiger partial charge in [0.1, 0.15) is 0 Å². The Hall–Kier alpha value is -1.78. The molecule has 0 saturated heterocycles. The Morgan fingerprint density at radius 3 is 1.94 bits per heavy atom. The van der Waals surface area contributed by atoms with Crippen molar-refractivity contribution in [1.29, 1.82) is 0 Å². The van der Waals surface area contributed by atoms with E-state index >= 15 is 0 Å². The summed E-state index contributed by atoms with van der Waals surface area (Å²) in [4.78, 5) is 6.88. The largest absolute Gasteiger partial charge is 0.388 e. The highest BCUT2D eigenvalue weighted by Crippen LogP contribution is 2.77. The van der Waals surface area contributed by atoms with Gasteiger partial charge in [0.2, 0.25) is 0 Å². The van der Waals surface area contributed by atoms with E-state index in [0.717, 1.165) is 96.5 Å². The molecule has 10 aliphatic carbocycles. The lowest BCUT2D eigenvalue weighted by molar-refractivity contribution is -0.0901. The zero-order valence-corrected chi connectivity index (χ0v) is 53.1. The SMILES string of the molecule is C1=NC1.C=C1CC(=C)C(C)(C(CC)(CC)C(C)CC2C3CC(CC(C)(C45CC6=C(CCC4C6)C(C)(C(CC)(CC)C4CC6C7CC(CC(C)(CCC(C)CCC8=CCCC8)C7)C6C4)C(N)C5)C3)C2CC)C1O.C=NC.CC. The Balaban J connectivity index is 0.000000918. The highest BCUT2D eigenvalue weighted by Gasteiger charge is 2.70. The van der Waals surface area contributed by atoms with Crippen LogP contribution in [-0.4, -0.2) is 43.8 Å². The van der Waals surface area contributed by atoms with Crippen LogP contribution in [0.3, 0.4) is 0 Å². The summed E-state index contributed by atoms with van der Waals surface area (Å²) >= 11 is 0. The summed E-state index contributed by atoms with van der Waals surface area (Å²) in [5.74, 6) is 10.2. The molecule has 4 nitrogen and oxygen atoms in total. The zero-order valence-electron chi connectivity index (χ0n) is 53.1. The van der Waals surface area contributed by atoms with E-state index < -0.39 is 6.10 Å². The van der Waals surface area contributed by atoms with Gasteiger partial charge in [-0.05, 0) is 271 Å². The molecule has 7 saturated carbocycles. The van der Waals surface area contributed by atoms with Gasteiger partial charge in [0, 0.05) is 30.1 Å². The molecule has 11 aliphatic rings. The van der Waals surface area contributed by atoms with Crippen LogP contribution in [0.2, 0.25) is 0 Å². The summed E-state index contributed by atoms with van der Waals surface area (Å²) in [5, 5.41) is 11.9. The Morgan fingerprint density at radius 1 is 0.818 bits per heavy atom. The molecule has 4 heteroatoms. The van der Waals surface area contributed by atoms with Crippen molar-refractivity contribution >= 4 is 12.9 Å². The molecule has 0 amide bonds. The van der Waals surface area contributed by atoms with Crippen LogP contribution in [0.25, 0.3) is 0 Å². The van der Waals surface area contributed by atoms with E-state index in [1.165, 1.54) is 153 Å². The van der Waals surface area contributed by atoms with E-state index in [4.69, 9.17) is 5.73 Å². The van der Waals surface area contributed by atoms with Crippen LogP contribution in [0.5, 0.6) is 0 Å². The first-order chi connectivity index (χ1) is 36.7. The van der Waals surface area contributed by atoms with Crippen molar-refractivity contribution in [2.75, 3.05) is 13.6 Å². The molecule has 7 fully saturated rings. The van der Waals surface area contributed by atoms with E-state index in [1.54, 1.807) is 19.0 Å². The smallest absolute Gasteiger partial charge is 0.0846 e. The van der Waals surface area contributed by atoms with Crippen LogP contribution >= 0.6 is 0 Å². The lowest BCUT2D eigenvalue weighted by Crippen LogP contribution is -2.59. The van der Waals surface area contributed by atoms with Crippen molar-refractivity contribution in [2.45, 2.75) is 276 Å². The molecule has 17 unspecified atom stereocenters. The molecule has 77 heavy (non-hydrogen) atoms. The number of nitrogens with two attached hydrogens (primary N) is 1. The lowest BCUT2D eigenvalue weighted by atomic mass is 9.43. The number of aliphatic hydroxyl groups excluding tert-OH is 1. The van der Waals surface area contributed by atoms with Crippen LogP contribution < -0.4 is 5.73 Å². The van der Waals surface area contributed by atoms with E-state index in [9.17, 15) is 5.11 Å². The van der Waals surface area contributed by atoms with Gasteiger partial charge in [0.25, 0.3) is 0 Å². The van der Waals surface area contributed by atoms with Gasteiger partial charge in [0.15, 0.2) is 0 Å². The maximum atomic E-state index is 11.9. The average molecular weight is 1060 g/mol. The minimum Gasteiger partial charge on any atom is -0.388 e. The van der Waals surface area contributed by atoms with Crippen molar-refractivity contribution in [3.8, 4) is 0 Å². The fourth-order valence-electron chi connectivity index (χ4n) is 24.2. The molecule has 0 radical (unpaired) electrons.